The Morgan fingerprint density at radius 1 is 1.25 bits per heavy atom. The van der Waals surface area contributed by atoms with Crippen molar-refractivity contribution < 1.29 is 13.9 Å². The molecule has 0 unspecified atom stereocenters. The number of carbonyl (C=O) groups excluding carboxylic acids is 1. The Morgan fingerprint density at radius 3 is 2.45 bits per heavy atom. The van der Waals surface area contributed by atoms with Gasteiger partial charge in [0.15, 0.2) is 0 Å². The van der Waals surface area contributed by atoms with Gasteiger partial charge in [-0.05, 0) is 43.3 Å². The summed E-state index contributed by atoms with van der Waals surface area (Å²) in [5.74, 6) is -0.223. The lowest BCUT2D eigenvalue weighted by molar-refractivity contribution is 0.102. The number of ether oxygens (including phenoxy) is 1. The van der Waals surface area contributed by atoms with Crippen LogP contribution in [0.3, 0.4) is 0 Å². The number of nitrogens with two attached hydrogens (primary N) is 1. The van der Waals surface area contributed by atoms with Crippen LogP contribution in [0.5, 0.6) is 5.75 Å². The van der Waals surface area contributed by atoms with Crippen LogP contribution in [0.4, 0.5) is 15.8 Å². The molecule has 0 saturated heterocycles. The first-order chi connectivity index (χ1) is 9.51. The van der Waals surface area contributed by atoms with Crippen molar-refractivity contribution >= 4 is 17.3 Å². The molecular weight excluding hydrogens is 259 g/mol. The van der Waals surface area contributed by atoms with E-state index >= 15 is 0 Å². The number of nitrogens with one attached hydrogen (secondary N) is 1. The van der Waals surface area contributed by atoms with E-state index in [9.17, 15) is 9.18 Å². The first kappa shape index (κ1) is 13.9. The van der Waals surface area contributed by atoms with Crippen LogP contribution in [0.15, 0.2) is 36.4 Å². The Morgan fingerprint density at radius 2 is 1.90 bits per heavy atom. The predicted octanol–water partition coefficient (Wildman–Crippen LogP) is 2.98. The quantitative estimate of drug-likeness (QED) is 0.846. The highest BCUT2D eigenvalue weighted by atomic mass is 19.1. The molecule has 0 atom stereocenters. The van der Waals surface area contributed by atoms with Gasteiger partial charge in [0.1, 0.15) is 11.6 Å². The Kier molecular flexibility index (Phi) is 3.89. The Hall–Kier alpha value is -2.56. The molecule has 0 aliphatic heterocycles. The molecule has 0 fully saturated rings. The lowest BCUT2D eigenvalue weighted by Gasteiger charge is -2.08. The van der Waals surface area contributed by atoms with Gasteiger partial charge in [-0.25, -0.2) is 4.39 Å². The summed E-state index contributed by atoms with van der Waals surface area (Å²) in [4.78, 5) is 12.0. The van der Waals surface area contributed by atoms with Gasteiger partial charge >= 0.3 is 0 Å². The highest BCUT2D eigenvalue weighted by Crippen LogP contribution is 2.20. The van der Waals surface area contributed by atoms with Gasteiger partial charge in [0.05, 0.1) is 7.11 Å². The normalized spacial score (nSPS) is 10.2. The monoisotopic (exact) mass is 274 g/mol. The van der Waals surface area contributed by atoms with Gasteiger partial charge in [0.25, 0.3) is 5.91 Å². The third-order valence-corrected chi connectivity index (χ3v) is 2.99. The van der Waals surface area contributed by atoms with E-state index in [2.05, 4.69) is 5.32 Å². The van der Waals surface area contributed by atoms with E-state index in [0.29, 0.717) is 17.0 Å². The van der Waals surface area contributed by atoms with E-state index in [-0.39, 0.29) is 11.3 Å². The number of anilines is 2. The zero-order chi connectivity index (χ0) is 14.7. The Balaban J connectivity index is 2.19. The summed E-state index contributed by atoms with van der Waals surface area (Å²) in [5, 5.41) is 2.67. The second kappa shape index (κ2) is 5.61. The fraction of sp³-hybridized carbons (Fsp3) is 0.133. The van der Waals surface area contributed by atoms with Gasteiger partial charge in [-0.15, -0.1) is 0 Å². The summed E-state index contributed by atoms with van der Waals surface area (Å²) < 4.78 is 18.6. The highest BCUT2D eigenvalue weighted by molar-refractivity contribution is 6.04. The summed E-state index contributed by atoms with van der Waals surface area (Å²) >= 11 is 0. The topological polar surface area (TPSA) is 64.3 Å². The van der Waals surface area contributed by atoms with Crippen molar-refractivity contribution in [2.24, 2.45) is 0 Å². The van der Waals surface area contributed by atoms with Gasteiger partial charge < -0.3 is 15.8 Å². The fourth-order valence-corrected chi connectivity index (χ4v) is 1.71. The first-order valence-electron chi connectivity index (χ1n) is 6.02. The van der Waals surface area contributed by atoms with Crippen molar-refractivity contribution in [1.82, 2.24) is 0 Å². The average Bonchev–Trinajstić information content (AvgIpc) is 2.45. The van der Waals surface area contributed by atoms with Crippen molar-refractivity contribution in [3.63, 3.8) is 0 Å². The molecule has 4 nitrogen and oxygen atoms in total. The molecular formula is C15H15FN2O2. The molecule has 20 heavy (non-hydrogen) atoms. The maximum absolute atomic E-state index is 13.6. The van der Waals surface area contributed by atoms with Crippen LogP contribution in [-0.2, 0) is 0 Å². The van der Waals surface area contributed by atoms with E-state index in [4.69, 9.17) is 10.5 Å². The SMILES string of the molecule is COc1ccc(NC(=O)c2cc(N)c(C)c(F)c2)cc1. The molecule has 1 amide bonds. The summed E-state index contributed by atoms with van der Waals surface area (Å²) in [7, 11) is 1.56. The number of hydrogen-bond donors (Lipinski definition) is 2. The minimum absolute atomic E-state index is 0.182. The number of benzene rings is 2. The van der Waals surface area contributed by atoms with Crippen LogP contribution in [0.1, 0.15) is 15.9 Å². The highest BCUT2D eigenvalue weighted by Gasteiger charge is 2.11. The molecule has 0 aliphatic carbocycles. The molecule has 0 spiro atoms. The lowest BCUT2D eigenvalue weighted by atomic mass is 10.1. The summed E-state index contributed by atoms with van der Waals surface area (Å²) in [6.45, 7) is 1.57. The van der Waals surface area contributed by atoms with Crippen molar-refractivity contribution in [3.8, 4) is 5.75 Å². The van der Waals surface area contributed by atoms with Crippen molar-refractivity contribution in [2.45, 2.75) is 6.92 Å². The maximum atomic E-state index is 13.6. The molecule has 104 valence electrons. The van der Waals surface area contributed by atoms with Crippen LogP contribution in [0.2, 0.25) is 0 Å². The van der Waals surface area contributed by atoms with Gasteiger partial charge in [0.2, 0.25) is 0 Å². The van der Waals surface area contributed by atoms with Crippen molar-refractivity contribution in [2.75, 3.05) is 18.2 Å². The number of nitrogen functional groups attached to an aromatic ring is 1. The van der Waals surface area contributed by atoms with Crippen molar-refractivity contribution in [3.05, 3.63) is 53.3 Å². The Bertz CT molecular complexity index is 616. The molecule has 0 bridgehead atoms. The zero-order valence-corrected chi connectivity index (χ0v) is 11.2. The summed E-state index contributed by atoms with van der Waals surface area (Å²) in [6, 6.07) is 9.47. The van der Waals surface area contributed by atoms with E-state index < -0.39 is 11.7 Å². The van der Waals surface area contributed by atoms with Crippen LogP contribution >= 0.6 is 0 Å². The molecule has 3 N–H and O–H groups in total. The second-order valence-electron chi connectivity index (χ2n) is 4.35. The molecule has 0 aliphatic rings. The smallest absolute Gasteiger partial charge is 0.255 e. The molecule has 0 heterocycles. The predicted molar refractivity (Wildman–Crippen MR) is 76.5 cm³/mol. The molecule has 2 aromatic rings. The van der Waals surface area contributed by atoms with E-state index in [1.807, 2.05) is 0 Å². The lowest BCUT2D eigenvalue weighted by Crippen LogP contribution is -2.13. The molecule has 5 heteroatoms. The largest absolute Gasteiger partial charge is 0.497 e. The molecule has 0 saturated carbocycles. The number of halogens is 1. The number of amides is 1. The first-order valence-corrected chi connectivity index (χ1v) is 6.02. The molecule has 2 rings (SSSR count). The summed E-state index contributed by atoms with van der Waals surface area (Å²) in [6.07, 6.45) is 0. The number of carbonyl (C=O) groups is 1. The number of hydrogen-bond acceptors (Lipinski definition) is 3. The van der Waals surface area contributed by atoms with Crippen LogP contribution in [0, 0.1) is 12.7 Å². The molecule has 0 radical (unpaired) electrons. The van der Waals surface area contributed by atoms with Crippen LogP contribution in [0.25, 0.3) is 0 Å². The molecule has 0 aromatic heterocycles. The van der Waals surface area contributed by atoms with Gasteiger partial charge in [-0.3, -0.25) is 4.79 Å². The van der Waals surface area contributed by atoms with E-state index in [1.165, 1.54) is 12.1 Å². The fourth-order valence-electron chi connectivity index (χ4n) is 1.71. The second-order valence-corrected chi connectivity index (χ2v) is 4.35. The minimum atomic E-state index is -0.495. The maximum Gasteiger partial charge on any atom is 0.255 e. The van der Waals surface area contributed by atoms with Gasteiger partial charge in [-0.2, -0.15) is 0 Å². The third-order valence-electron chi connectivity index (χ3n) is 2.99. The summed E-state index contributed by atoms with van der Waals surface area (Å²) in [5.41, 5.74) is 7.02. The number of rotatable bonds is 3. The van der Waals surface area contributed by atoms with Gasteiger partial charge in [-0.1, -0.05) is 0 Å². The van der Waals surface area contributed by atoms with E-state index in [0.717, 1.165) is 0 Å². The standard InChI is InChI=1S/C15H15FN2O2/c1-9-13(16)7-10(8-14(9)17)15(19)18-11-3-5-12(20-2)6-4-11/h3-8H,17H2,1-2H3,(H,18,19). The Labute approximate surface area is 116 Å². The van der Waals surface area contributed by atoms with E-state index in [1.54, 1.807) is 38.3 Å². The number of methoxy groups -OCH3 is 1. The molecule has 2 aromatic carbocycles. The van der Waals surface area contributed by atoms with Crippen LogP contribution in [-0.4, -0.2) is 13.0 Å². The average molecular weight is 274 g/mol. The zero-order valence-electron chi connectivity index (χ0n) is 11.2. The third kappa shape index (κ3) is 2.88. The van der Waals surface area contributed by atoms with Crippen LogP contribution < -0.4 is 15.8 Å². The van der Waals surface area contributed by atoms with Gasteiger partial charge in [0, 0.05) is 22.5 Å². The minimum Gasteiger partial charge on any atom is -0.497 e. The van der Waals surface area contributed by atoms with Crippen molar-refractivity contribution in [1.29, 1.82) is 0 Å².